The number of hydrogen-bond acceptors (Lipinski definition) is 7. The van der Waals surface area contributed by atoms with Gasteiger partial charge >= 0.3 is 5.97 Å². The molecule has 2 aromatic carbocycles. The molecule has 1 saturated heterocycles. The van der Waals surface area contributed by atoms with E-state index in [4.69, 9.17) is 48.7 Å². The number of hydroxylamine groups is 2. The average molecular weight is 589 g/mol. The van der Waals surface area contributed by atoms with Crippen molar-refractivity contribution < 1.29 is 33.0 Å². The molecule has 3 aromatic rings. The Morgan fingerprint density at radius 1 is 1.20 bits per heavy atom. The summed E-state index contributed by atoms with van der Waals surface area (Å²) in [5, 5.41) is 2.22. The van der Waals surface area contributed by atoms with E-state index in [0.717, 1.165) is 11.6 Å². The number of hydrogen-bond donors (Lipinski definition) is 0. The third-order valence-electron chi connectivity index (χ3n) is 5.41. The van der Waals surface area contributed by atoms with Crippen LogP contribution in [0.3, 0.4) is 0 Å². The summed E-state index contributed by atoms with van der Waals surface area (Å²) in [6, 6.07) is 14.8. The smallest absolute Gasteiger partial charge is 0.347 e. The number of rotatable bonds is 8. The lowest BCUT2D eigenvalue weighted by Crippen LogP contribution is -2.30. The van der Waals surface area contributed by atoms with Crippen molar-refractivity contribution in [3.63, 3.8) is 0 Å². The van der Waals surface area contributed by atoms with E-state index in [9.17, 15) is 14.0 Å². The number of esters is 1. The van der Waals surface area contributed by atoms with Gasteiger partial charge in [-0.25, -0.2) is 19.2 Å². The second kappa shape index (κ2) is 14.0. The van der Waals surface area contributed by atoms with Gasteiger partial charge in [-0.3, -0.25) is 9.63 Å². The zero-order chi connectivity index (χ0) is 29.3. The molecule has 0 saturated carbocycles. The highest BCUT2D eigenvalue weighted by atomic mass is 35.5. The number of terminal acetylenes is 1. The number of halogens is 3. The fourth-order valence-electron chi connectivity index (χ4n) is 3.25. The van der Waals surface area contributed by atoms with Gasteiger partial charge in [-0.2, -0.15) is 0 Å². The highest BCUT2D eigenvalue weighted by molar-refractivity contribution is 6.31. The minimum atomic E-state index is -0.819. The Hall–Kier alpha value is -3.84. The van der Waals surface area contributed by atoms with Crippen LogP contribution >= 0.6 is 23.2 Å². The lowest BCUT2D eigenvalue weighted by molar-refractivity contribution is -0.165. The molecule has 8 nitrogen and oxygen atoms in total. The zero-order valence-corrected chi connectivity index (χ0v) is 23.5. The number of carbonyl (C=O) groups excluding carboxylic acids is 2. The van der Waals surface area contributed by atoms with Crippen molar-refractivity contribution in [1.29, 1.82) is 0 Å². The largest absolute Gasteiger partial charge is 0.479 e. The van der Waals surface area contributed by atoms with Gasteiger partial charge in [0, 0.05) is 11.2 Å². The van der Waals surface area contributed by atoms with E-state index in [1.807, 2.05) is 38.1 Å². The van der Waals surface area contributed by atoms with Gasteiger partial charge in [-0.15, -0.1) is 6.42 Å². The first-order valence-electron chi connectivity index (χ1n) is 12.0. The van der Waals surface area contributed by atoms with Crippen LogP contribution in [0.25, 0.3) is 0 Å². The molecular formula is C29H27Cl2FN2O6. The van der Waals surface area contributed by atoms with Crippen LogP contribution in [0.2, 0.25) is 10.0 Å². The average Bonchev–Trinajstić information content (AvgIpc) is 3.18. The molecule has 0 N–H and O–H groups in total. The van der Waals surface area contributed by atoms with Gasteiger partial charge in [0.25, 0.3) is 11.8 Å². The lowest BCUT2D eigenvalue weighted by atomic mass is 9.95. The summed E-state index contributed by atoms with van der Waals surface area (Å²) in [7, 11) is 0. The van der Waals surface area contributed by atoms with Crippen LogP contribution in [-0.2, 0) is 25.7 Å². The van der Waals surface area contributed by atoms with Crippen molar-refractivity contribution in [2.45, 2.75) is 33.4 Å². The maximum atomic E-state index is 13.6. The van der Waals surface area contributed by atoms with E-state index in [-0.39, 0.29) is 23.4 Å². The first-order valence-corrected chi connectivity index (χ1v) is 12.8. The van der Waals surface area contributed by atoms with Crippen LogP contribution in [0.1, 0.15) is 26.3 Å². The van der Waals surface area contributed by atoms with Gasteiger partial charge in [0.1, 0.15) is 11.5 Å². The molecule has 11 heteroatoms. The van der Waals surface area contributed by atoms with E-state index in [1.54, 1.807) is 24.3 Å². The van der Waals surface area contributed by atoms with E-state index in [2.05, 4.69) is 10.9 Å². The quantitative estimate of drug-likeness (QED) is 0.227. The van der Waals surface area contributed by atoms with Crippen LogP contribution in [0.15, 0.2) is 60.8 Å². The van der Waals surface area contributed by atoms with Crippen molar-refractivity contribution in [3.8, 4) is 29.7 Å². The molecule has 2 heterocycles. The Labute approximate surface area is 241 Å². The number of nitrogens with zero attached hydrogens (tertiary/aromatic N) is 2. The van der Waals surface area contributed by atoms with Crippen molar-refractivity contribution in [3.05, 3.63) is 82.2 Å². The number of pyridine rings is 1. The van der Waals surface area contributed by atoms with Gasteiger partial charge in [0.15, 0.2) is 18.5 Å². The second-order valence-electron chi connectivity index (χ2n) is 9.18. The molecule has 1 aromatic heterocycles. The Balaban J connectivity index is 0.000000238. The molecule has 0 radical (unpaired) electrons. The van der Waals surface area contributed by atoms with E-state index >= 15 is 0 Å². The summed E-state index contributed by atoms with van der Waals surface area (Å²) < 4.78 is 29.1. The number of carbonyl (C=O) groups is 2. The van der Waals surface area contributed by atoms with Gasteiger partial charge < -0.3 is 14.2 Å². The van der Waals surface area contributed by atoms with Crippen molar-refractivity contribution in [2.75, 3.05) is 13.2 Å². The fraction of sp³-hybridized carbons (Fsp3) is 0.276. The van der Waals surface area contributed by atoms with E-state index in [1.165, 1.54) is 18.2 Å². The highest BCUT2D eigenvalue weighted by Crippen LogP contribution is 2.29. The molecule has 40 heavy (non-hydrogen) atoms. The van der Waals surface area contributed by atoms with E-state index in [0.29, 0.717) is 29.7 Å². The summed E-state index contributed by atoms with van der Waals surface area (Å²) in [5.74, 6) is 1.53. The molecule has 4 rings (SSSR count). The predicted molar refractivity (Wildman–Crippen MR) is 147 cm³/mol. The summed E-state index contributed by atoms with van der Waals surface area (Å²) in [6.45, 7) is 6.01. The normalized spacial score (nSPS) is 14.4. The van der Waals surface area contributed by atoms with Crippen LogP contribution in [0.4, 0.5) is 4.39 Å². The van der Waals surface area contributed by atoms with Crippen molar-refractivity contribution in [1.82, 2.24) is 10.0 Å². The van der Waals surface area contributed by atoms with Gasteiger partial charge in [0.05, 0.1) is 23.6 Å². The fourth-order valence-corrected chi connectivity index (χ4v) is 3.59. The topological polar surface area (TPSA) is 87.2 Å². The van der Waals surface area contributed by atoms with E-state index < -0.39 is 23.3 Å². The molecule has 0 spiro atoms. The zero-order valence-electron chi connectivity index (χ0n) is 22.0. The Morgan fingerprint density at radius 2 is 1.88 bits per heavy atom. The van der Waals surface area contributed by atoms with Gasteiger partial charge in [-0.1, -0.05) is 47.3 Å². The molecule has 1 aliphatic rings. The van der Waals surface area contributed by atoms with Crippen molar-refractivity contribution in [2.24, 2.45) is 5.41 Å². The van der Waals surface area contributed by atoms with Crippen molar-refractivity contribution >= 4 is 35.1 Å². The summed E-state index contributed by atoms with van der Waals surface area (Å²) in [5.41, 5.74) is 0.469. The first-order chi connectivity index (χ1) is 19.0. The molecule has 1 unspecified atom stereocenters. The summed E-state index contributed by atoms with van der Waals surface area (Å²) in [4.78, 5) is 32.6. The number of amides is 1. The first kappa shape index (κ1) is 30.7. The molecule has 0 bridgehead atoms. The minimum Gasteiger partial charge on any atom is -0.479 e. The molecule has 1 aliphatic heterocycles. The van der Waals surface area contributed by atoms with Gasteiger partial charge in [-0.05, 0) is 62.7 Å². The molecular weight excluding hydrogens is 562 g/mol. The van der Waals surface area contributed by atoms with Gasteiger partial charge in [0.2, 0.25) is 0 Å². The Morgan fingerprint density at radius 3 is 2.48 bits per heavy atom. The van der Waals surface area contributed by atoms with Crippen LogP contribution in [0.5, 0.6) is 17.4 Å². The van der Waals surface area contributed by atoms with Crippen LogP contribution < -0.4 is 9.47 Å². The monoisotopic (exact) mass is 588 g/mol. The number of aromatic nitrogens is 1. The summed E-state index contributed by atoms with van der Waals surface area (Å²) in [6.07, 6.45) is 5.47. The third kappa shape index (κ3) is 8.58. The highest BCUT2D eigenvalue weighted by Gasteiger charge is 2.40. The molecule has 1 amide bonds. The third-order valence-corrected chi connectivity index (χ3v) is 5.99. The number of ether oxygens (including phenoxy) is 3. The van der Waals surface area contributed by atoms with Crippen LogP contribution in [-0.4, -0.2) is 41.2 Å². The lowest BCUT2D eigenvalue weighted by Gasteiger charge is -2.16. The molecule has 210 valence electrons. The Bertz CT molecular complexity index is 1380. The summed E-state index contributed by atoms with van der Waals surface area (Å²) >= 11 is 11.7. The standard InChI is InChI=1S/C17H13ClFNO4.C12H14ClNO2/c1-3-8-22-17(21)11(2)23-13-4-6-14(7-5-13)24-16-15(19)9-12(18)10-20-16;1-12(2)8-16-14(11(12)15)7-9-5-3-4-6-10(9)13/h1,4-7,9-11H,8H2,2H3;3-6H,7-8H2,1-2H3. The minimum absolute atomic E-state index is 0.00687. The SMILES string of the molecule is C#CCOC(=O)C(C)Oc1ccc(Oc2ncc(Cl)cc2F)cc1.CC1(C)CON(Cc2ccccc2Cl)C1=O. The Kier molecular flexibility index (Phi) is 10.7. The molecule has 0 aliphatic carbocycles. The number of benzene rings is 2. The molecule has 1 fully saturated rings. The maximum absolute atomic E-state index is 13.6. The second-order valence-corrected chi connectivity index (χ2v) is 10.0. The molecule has 1 atom stereocenters. The maximum Gasteiger partial charge on any atom is 0.347 e. The predicted octanol–water partition coefficient (Wildman–Crippen LogP) is 6.25. The van der Waals surface area contributed by atoms with Crippen LogP contribution in [0, 0.1) is 23.6 Å².